The number of amides is 1. The average Bonchev–Trinajstić information content (AvgIpc) is 3.01. The van der Waals surface area contributed by atoms with E-state index in [1.807, 2.05) is 5.38 Å². The fourth-order valence-electron chi connectivity index (χ4n) is 3.20. The van der Waals surface area contributed by atoms with E-state index in [0.29, 0.717) is 28.4 Å². The van der Waals surface area contributed by atoms with Gasteiger partial charge >= 0.3 is 0 Å². The fourth-order valence-corrected chi connectivity index (χ4v) is 4.14. The Morgan fingerprint density at radius 2 is 2.24 bits per heavy atom. The molecule has 128 valence electrons. The Bertz CT molecular complexity index is 905. The lowest BCUT2D eigenvalue weighted by Gasteiger charge is -2.04. The number of carbonyl (C=O) groups excluding carboxylic acids is 1. The smallest absolute Gasteiger partial charge is 0.230 e. The molecule has 2 aromatic rings. The maximum absolute atomic E-state index is 13.2. The van der Waals surface area contributed by atoms with Crippen LogP contribution in [0, 0.1) is 23.6 Å². The van der Waals surface area contributed by atoms with Gasteiger partial charge in [0.15, 0.2) is 5.13 Å². The molecule has 2 aliphatic rings. The molecular formula is C19H16ClFN2OS. The molecule has 0 aliphatic heterocycles. The molecule has 0 spiro atoms. The molecule has 4 rings (SSSR count). The summed E-state index contributed by atoms with van der Waals surface area (Å²) in [4.78, 5) is 16.7. The molecule has 3 atom stereocenters. The van der Waals surface area contributed by atoms with Gasteiger partial charge in [-0.3, -0.25) is 4.79 Å². The maximum atomic E-state index is 13.2. The summed E-state index contributed by atoms with van der Waals surface area (Å²) in [5.74, 6) is 1.34. The van der Waals surface area contributed by atoms with Crippen molar-refractivity contribution in [1.29, 1.82) is 0 Å². The van der Waals surface area contributed by atoms with Crippen LogP contribution in [0.25, 0.3) is 5.57 Å². The minimum absolute atomic E-state index is 0.0190. The lowest BCUT2D eigenvalue weighted by atomic mass is 10.1. The number of carbonyl (C=O) groups is 1. The Morgan fingerprint density at radius 1 is 1.40 bits per heavy atom. The van der Waals surface area contributed by atoms with Gasteiger partial charge in [0.1, 0.15) is 5.82 Å². The number of nitrogens with one attached hydrogen (secondary N) is 1. The molecule has 1 aromatic heterocycles. The monoisotopic (exact) mass is 374 g/mol. The van der Waals surface area contributed by atoms with E-state index in [2.05, 4.69) is 35.5 Å². The molecule has 3 nitrogen and oxygen atoms in total. The molecule has 1 fully saturated rings. The second-order valence-corrected chi connectivity index (χ2v) is 7.77. The number of allylic oxidation sites excluding steroid dienone is 4. The van der Waals surface area contributed by atoms with Gasteiger partial charge in [-0.15, -0.1) is 11.3 Å². The third kappa shape index (κ3) is 3.39. The van der Waals surface area contributed by atoms with Crippen LogP contribution in [0.15, 0.2) is 41.8 Å². The minimum atomic E-state index is -0.489. The molecule has 3 unspecified atom stereocenters. The van der Waals surface area contributed by atoms with Crippen LogP contribution in [0.3, 0.4) is 0 Å². The molecule has 1 heterocycles. The van der Waals surface area contributed by atoms with Gasteiger partial charge < -0.3 is 5.32 Å². The van der Waals surface area contributed by atoms with E-state index in [4.69, 9.17) is 11.6 Å². The first-order chi connectivity index (χ1) is 12.0. The number of aromatic nitrogens is 1. The van der Waals surface area contributed by atoms with Gasteiger partial charge in [0.2, 0.25) is 5.91 Å². The molecule has 0 bridgehead atoms. The number of halogens is 2. The number of hydrogen-bond acceptors (Lipinski definition) is 3. The first kappa shape index (κ1) is 16.5. The quantitative estimate of drug-likeness (QED) is 0.822. The predicted octanol–water partition coefficient (Wildman–Crippen LogP) is 4.95. The van der Waals surface area contributed by atoms with Gasteiger partial charge in [-0.25, -0.2) is 9.37 Å². The largest absolute Gasteiger partial charge is 0.302 e. The van der Waals surface area contributed by atoms with Gasteiger partial charge in [0, 0.05) is 5.38 Å². The van der Waals surface area contributed by atoms with Crippen molar-refractivity contribution in [3.8, 4) is 0 Å². The number of rotatable bonds is 4. The van der Waals surface area contributed by atoms with Crippen molar-refractivity contribution in [2.75, 3.05) is 5.32 Å². The van der Waals surface area contributed by atoms with E-state index in [-0.39, 0.29) is 17.4 Å². The first-order valence-electron chi connectivity index (χ1n) is 8.11. The second kappa shape index (κ2) is 6.39. The lowest BCUT2D eigenvalue weighted by molar-refractivity contribution is -0.115. The standard InChI is InChI=1S/C19H16ClFN2OS/c1-10-13-4-3-12(8-14(10)13)17-9-25-19(22-17)23-18(24)7-11-2-5-16(21)15(20)6-11/h2-6,8-10,13-14H,7H2,1H3,(H,22,23,24). The van der Waals surface area contributed by atoms with Crippen LogP contribution in [0.2, 0.25) is 5.02 Å². The lowest BCUT2D eigenvalue weighted by Crippen LogP contribution is -2.14. The zero-order chi connectivity index (χ0) is 17.6. The van der Waals surface area contributed by atoms with Crippen LogP contribution in [-0.2, 0) is 11.2 Å². The van der Waals surface area contributed by atoms with E-state index >= 15 is 0 Å². The van der Waals surface area contributed by atoms with Gasteiger partial charge in [0.25, 0.3) is 0 Å². The number of benzene rings is 1. The molecule has 0 radical (unpaired) electrons. The number of hydrogen-bond donors (Lipinski definition) is 1. The van der Waals surface area contributed by atoms with E-state index in [1.165, 1.54) is 23.5 Å². The van der Waals surface area contributed by atoms with Crippen LogP contribution in [0.4, 0.5) is 9.52 Å². The number of nitrogens with zero attached hydrogens (tertiary/aromatic N) is 1. The molecule has 1 aromatic carbocycles. The van der Waals surface area contributed by atoms with Crippen LogP contribution >= 0.6 is 22.9 Å². The van der Waals surface area contributed by atoms with Crippen LogP contribution < -0.4 is 5.32 Å². The number of anilines is 1. The van der Waals surface area contributed by atoms with Gasteiger partial charge in [-0.2, -0.15) is 0 Å². The number of thiazole rings is 1. The van der Waals surface area contributed by atoms with Crippen molar-refractivity contribution >= 4 is 39.5 Å². The van der Waals surface area contributed by atoms with Crippen molar-refractivity contribution in [1.82, 2.24) is 4.98 Å². The predicted molar refractivity (Wildman–Crippen MR) is 99.1 cm³/mol. The number of fused-ring (bicyclic) bond motifs is 1. The highest BCUT2D eigenvalue weighted by Gasteiger charge is 2.44. The van der Waals surface area contributed by atoms with Crippen molar-refractivity contribution in [2.24, 2.45) is 17.8 Å². The summed E-state index contributed by atoms with van der Waals surface area (Å²) in [5, 5.41) is 5.33. The Labute approximate surface area is 154 Å². The minimum Gasteiger partial charge on any atom is -0.302 e. The first-order valence-corrected chi connectivity index (χ1v) is 9.37. The molecule has 6 heteroatoms. The third-order valence-electron chi connectivity index (χ3n) is 4.78. The van der Waals surface area contributed by atoms with Crippen molar-refractivity contribution in [3.63, 3.8) is 0 Å². The normalized spacial score (nSPS) is 23.8. The molecule has 1 N–H and O–H groups in total. The van der Waals surface area contributed by atoms with Gasteiger partial charge in [0.05, 0.1) is 17.1 Å². The fraction of sp³-hybridized carbons (Fsp3) is 0.263. The van der Waals surface area contributed by atoms with Gasteiger partial charge in [-0.05, 0) is 41.0 Å². The summed E-state index contributed by atoms with van der Waals surface area (Å²) in [6.07, 6.45) is 6.77. The second-order valence-electron chi connectivity index (χ2n) is 6.51. The maximum Gasteiger partial charge on any atom is 0.230 e. The Morgan fingerprint density at radius 3 is 3.00 bits per heavy atom. The van der Waals surface area contributed by atoms with Crippen LogP contribution in [0.1, 0.15) is 18.2 Å². The highest BCUT2D eigenvalue weighted by atomic mass is 35.5. The van der Waals surface area contributed by atoms with Crippen molar-refractivity contribution in [2.45, 2.75) is 13.3 Å². The van der Waals surface area contributed by atoms with Crippen molar-refractivity contribution in [3.05, 3.63) is 63.9 Å². The topological polar surface area (TPSA) is 42.0 Å². The van der Waals surface area contributed by atoms with E-state index in [9.17, 15) is 9.18 Å². The third-order valence-corrected chi connectivity index (χ3v) is 5.83. The average molecular weight is 375 g/mol. The zero-order valence-corrected chi connectivity index (χ0v) is 15.1. The van der Waals surface area contributed by atoms with Gasteiger partial charge in [-0.1, -0.05) is 42.8 Å². The molecule has 2 aliphatic carbocycles. The Kier molecular flexibility index (Phi) is 4.21. The summed E-state index contributed by atoms with van der Waals surface area (Å²) in [7, 11) is 0. The summed E-state index contributed by atoms with van der Waals surface area (Å²) < 4.78 is 13.2. The highest BCUT2D eigenvalue weighted by Crippen LogP contribution is 2.51. The molecule has 25 heavy (non-hydrogen) atoms. The molecular weight excluding hydrogens is 359 g/mol. The Hall–Kier alpha value is -1.98. The highest BCUT2D eigenvalue weighted by molar-refractivity contribution is 7.14. The van der Waals surface area contributed by atoms with E-state index < -0.39 is 5.82 Å². The zero-order valence-electron chi connectivity index (χ0n) is 13.5. The van der Waals surface area contributed by atoms with E-state index in [1.54, 1.807) is 6.07 Å². The van der Waals surface area contributed by atoms with Crippen molar-refractivity contribution < 1.29 is 9.18 Å². The van der Waals surface area contributed by atoms with Crippen LogP contribution in [-0.4, -0.2) is 10.9 Å². The van der Waals surface area contributed by atoms with Crippen LogP contribution in [0.5, 0.6) is 0 Å². The molecule has 1 amide bonds. The molecule has 1 saturated carbocycles. The summed E-state index contributed by atoms with van der Waals surface area (Å²) in [5.41, 5.74) is 2.67. The SMILES string of the molecule is CC1C2C=CC(c3csc(NC(=O)Cc4ccc(F)c(Cl)c4)n3)=CC12. The van der Waals surface area contributed by atoms with E-state index in [0.717, 1.165) is 11.3 Å². The summed E-state index contributed by atoms with van der Waals surface area (Å²) in [6, 6.07) is 4.29. The summed E-state index contributed by atoms with van der Waals surface area (Å²) in [6.45, 7) is 2.26. The summed E-state index contributed by atoms with van der Waals surface area (Å²) >= 11 is 7.14. The Balaban J connectivity index is 1.41. The molecule has 0 saturated heterocycles.